The van der Waals surface area contributed by atoms with Crippen molar-refractivity contribution in [3.63, 3.8) is 0 Å². The van der Waals surface area contributed by atoms with E-state index in [0.717, 1.165) is 10.7 Å². The molecule has 0 radical (unpaired) electrons. The van der Waals surface area contributed by atoms with Gasteiger partial charge in [-0.1, -0.05) is 20.8 Å². The summed E-state index contributed by atoms with van der Waals surface area (Å²) in [5, 5.41) is 14.2. The number of carboxylic acids is 1. The van der Waals surface area contributed by atoms with Gasteiger partial charge in [-0.3, -0.25) is 4.79 Å². The second kappa shape index (κ2) is 6.91. The predicted octanol–water partition coefficient (Wildman–Crippen LogP) is 1.87. The predicted molar refractivity (Wildman–Crippen MR) is 77.6 cm³/mol. The van der Waals surface area contributed by atoms with Crippen LogP contribution in [-0.2, 0) is 20.8 Å². The lowest BCUT2D eigenvalue weighted by Gasteiger charge is -2.13. The number of carbonyl (C=O) groups excluding carboxylic acids is 1. The zero-order valence-corrected chi connectivity index (χ0v) is 12.8. The molecule has 2 N–H and O–H groups in total. The molecule has 0 aliphatic carbocycles. The molecule has 19 heavy (non-hydrogen) atoms. The first-order valence-corrected chi connectivity index (χ1v) is 7.83. The Morgan fingerprint density at radius 1 is 1.63 bits per heavy atom. The van der Waals surface area contributed by atoms with Gasteiger partial charge in [0.1, 0.15) is 6.04 Å². The van der Waals surface area contributed by atoms with E-state index in [1.165, 1.54) is 11.8 Å². The van der Waals surface area contributed by atoms with E-state index in [1.807, 2.05) is 5.38 Å². The van der Waals surface area contributed by atoms with Crippen LogP contribution in [0.4, 0.5) is 0 Å². The Labute approximate surface area is 120 Å². The summed E-state index contributed by atoms with van der Waals surface area (Å²) in [5.41, 5.74) is 0.992. The maximum absolute atomic E-state index is 10.8. The number of nitrogens with zero attached hydrogens (tertiary/aromatic N) is 1. The van der Waals surface area contributed by atoms with Crippen LogP contribution in [0.25, 0.3) is 0 Å². The van der Waals surface area contributed by atoms with Gasteiger partial charge in [0.25, 0.3) is 0 Å². The quantitative estimate of drug-likeness (QED) is 0.752. The molecule has 5 nitrogen and oxygen atoms in total. The molecule has 0 saturated heterocycles. The van der Waals surface area contributed by atoms with Crippen LogP contribution in [0.15, 0.2) is 5.38 Å². The number of thiazole rings is 1. The third-order valence-corrected chi connectivity index (χ3v) is 4.68. The lowest BCUT2D eigenvalue weighted by molar-refractivity contribution is -0.139. The van der Waals surface area contributed by atoms with Crippen LogP contribution in [0, 0.1) is 0 Å². The lowest BCUT2D eigenvalue weighted by atomic mass is 9.98. The Morgan fingerprint density at radius 2 is 2.32 bits per heavy atom. The molecule has 0 saturated carbocycles. The van der Waals surface area contributed by atoms with Crippen LogP contribution < -0.4 is 5.32 Å². The van der Waals surface area contributed by atoms with E-state index >= 15 is 0 Å². The minimum Gasteiger partial charge on any atom is -0.480 e. The van der Waals surface area contributed by atoms with E-state index in [9.17, 15) is 9.59 Å². The van der Waals surface area contributed by atoms with Gasteiger partial charge in [-0.2, -0.15) is 11.8 Å². The maximum Gasteiger partial charge on any atom is 0.327 e. The molecule has 1 heterocycles. The smallest absolute Gasteiger partial charge is 0.327 e. The van der Waals surface area contributed by atoms with Crippen molar-refractivity contribution in [1.29, 1.82) is 0 Å². The van der Waals surface area contributed by atoms with Gasteiger partial charge in [0, 0.05) is 22.3 Å². The molecule has 0 aliphatic heterocycles. The van der Waals surface area contributed by atoms with Crippen LogP contribution in [0.1, 0.15) is 31.5 Å². The second-order valence-electron chi connectivity index (χ2n) is 5.08. The largest absolute Gasteiger partial charge is 0.480 e. The number of thioether (sulfide) groups is 1. The van der Waals surface area contributed by atoms with E-state index in [4.69, 9.17) is 5.11 Å². The molecule has 1 aromatic rings. The van der Waals surface area contributed by atoms with Gasteiger partial charge >= 0.3 is 5.97 Å². The minimum absolute atomic E-state index is 0.0380. The van der Waals surface area contributed by atoms with Crippen molar-refractivity contribution in [3.05, 3.63) is 16.1 Å². The van der Waals surface area contributed by atoms with Gasteiger partial charge < -0.3 is 10.4 Å². The molecule has 0 spiro atoms. The number of carboxylic acid groups (broad SMARTS) is 1. The fourth-order valence-corrected chi connectivity index (χ4v) is 3.23. The summed E-state index contributed by atoms with van der Waals surface area (Å²) in [6.45, 7) is 6.33. The van der Waals surface area contributed by atoms with Crippen LogP contribution in [0.2, 0.25) is 0 Å². The molecule has 0 fully saturated rings. The highest BCUT2D eigenvalue weighted by Gasteiger charge is 2.19. The molecule has 1 amide bonds. The lowest BCUT2D eigenvalue weighted by Crippen LogP contribution is -2.37. The highest BCUT2D eigenvalue weighted by molar-refractivity contribution is 7.98. The standard InChI is InChI=1S/C12H18N2O3S2/c1-12(2,3)11-14-8(5-19-11)4-18-6-9(10(16)17)13-7-15/h5,7,9H,4,6H2,1-3H3,(H,13,15)(H,16,17). The van der Waals surface area contributed by atoms with Crippen LogP contribution >= 0.6 is 23.1 Å². The second-order valence-corrected chi connectivity index (χ2v) is 6.97. The number of nitrogens with one attached hydrogen (secondary N) is 1. The summed E-state index contributed by atoms with van der Waals surface area (Å²) in [6, 6.07) is -0.844. The average molecular weight is 302 g/mol. The topological polar surface area (TPSA) is 79.3 Å². The summed E-state index contributed by atoms with van der Waals surface area (Å²) in [6.07, 6.45) is 0.417. The van der Waals surface area contributed by atoms with E-state index in [2.05, 4.69) is 31.1 Å². The van der Waals surface area contributed by atoms with Crippen molar-refractivity contribution >= 4 is 35.5 Å². The number of hydrogen-bond donors (Lipinski definition) is 2. The van der Waals surface area contributed by atoms with Gasteiger partial charge in [0.15, 0.2) is 0 Å². The maximum atomic E-state index is 10.8. The van der Waals surface area contributed by atoms with Gasteiger partial charge in [0.2, 0.25) is 6.41 Å². The fraction of sp³-hybridized carbons (Fsp3) is 0.583. The van der Waals surface area contributed by atoms with E-state index in [-0.39, 0.29) is 5.41 Å². The first kappa shape index (κ1) is 16.0. The third kappa shape index (κ3) is 5.20. The van der Waals surface area contributed by atoms with Crippen molar-refractivity contribution in [3.8, 4) is 0 Å². The van der Waals surface area contributed by atoms with E-state index < -0.39 is 12.0 Å². The Morgan fingerprint density at radius 3 is 2.79 bits per heavy atom. The van der Waals surface area contributed by atoms with Gasteiger partial charge in [-0.15, -0.1) is 11.3 Å². The van der Waals surface area contributed by atoms with Crippen molar-refractivity contribution in [2.75, 3.05) is 5.75 Å². The Hall–Kier alpha value is -1.08. The van der Waals surface area contributed by atoms with Crippen molar-refractivity contribution in [2.24, 2.45) is 0 Å². The molecule has 106 valence electrons. The van der Waals surface area contributed by atoms with Crippen molar-refractivity contribution in [1.82, 2.24) is 10.3 Å². The number of hydrogen-bond acceptors (Lipinski definition) is 5. The van der Waals surface area contributed by atoms with Crippen molar-refractivity contribution < 1.29 is 14.7 Å². The summed E-state index contributed by atoms with van der Waals surface area (Å²) < 4.78 is 0. The van der Waals surface area contributed by atoms with E-state index in [1.54, 1.807) is 11.3 Å². The summed E-state index contributed by atoms with van der Waals surface area (Å²) >= 11 is 3.07. The van der Waals surface area contributed by atoms with Crippen LogP contribution in [0.5, 0.6) is 0 Å². The molecule has 0 bridgehead atoms. The van der Waals surface area contributed by atoms with Crippen molar-refractivity contribution in [2.45, 2.75) is 38.0 Å². The molecular formula is C12H18N2O3S2. The highest BCUT2D eigenvalue weighted by Crippen LogP contribution is 2.26. The average Bonchev–Trinajstić information content (AvgIpc) is 2.76. The highest BCUT2D eigenvalue weighted by atomic mass is 32.2. The van der Waals surface area contributed by atoms with E-state index in [0.29, 0.717) is 17.9 Å². The Balaban J connectivity index is 2.46. The number of carbonyl (C=O) groups is 2. The number of aromatic nitrogens is 1. The molecule has 1 atom stereocenters. The van der Waals surface area contributed by atoms with Gasteiger partial charge in [-0.25, -0.2) is 9.78 Å². The molecule has 0 aromatic carbocycles. The Kier molecular flexibility index (Phi) is 5.81. The summed E-state index contributed by atoms with van der Waals surface area (Å²) in [5.74, 6) is -0.0406. The molecule has 1 unspecified atom stereocenters. The SMILES string of the molecule is CC(C)(C)c1nc(CSCC(NC=O)C(=O)O)cs1. The Bertz CT molecular complexity index is 440. The molecule has 1 aromatic heterocycles. The molecular weight excluding hydrogens is 284 g/mol. The van der Waals surface area contributed by atoms with Gasteiger partial charge in [0.05, 0.1) is 10.7 Å². The molecule has 1 rings (SSSR count). The van der Waals surface area contributed by atoms with Crippen LogP contribution in [-0.4, -0.2) is 34.3 Å². The first-order chi connectivity index (χ1) is 8.84. The zero-order valence-electron chi connectivity index (χ0n) is 11.2. The monoisotopic (exact) mass is 302 g/mol. The molecule has 7 heteroatoms. The summed E-state index contributed by atoms with van der Waals surface area (Å²) in [7, 11) is 0. The number of rotatable bonds is 7. The molecule has 0 aliphatic rings. The normalized spacial score (nSPS) is 13.0. The zero-order chi connectivity index (χ0) is 14.5. The minimum atomic E-state index is -1.02. The van der Waals surface area contributed by atoms with Gasteiger partial charge in [-0.05, 0) is 0 Å². The van der Waals surface area contributed by atoms with Crippen LogP contribution in [0.3, 0.4) is 0 Å². The summed E-state index contributed by atoms with van der Waals surface area (Å²) in [4.78, 5) is 25.6. The number of aliphatic carboxylic acids is 1. The third-order valence-electron chi connectivity index (χ3n) is 2.30. The fourth-order valence-electron chi connectivity index (χ4n) is 1.27. The number of amides is 1. The first-order valence-electron chi connectivity index (χ1n) is 5.79.